The summed E-state index contributed by atoms with van der Waals surface area (Å²) in [5.74, 6) is 5.71. The average Bonchev–Trinajstić information content (AvgIpc) is 2.32. The molecular weight excluding hydrogens is 257 g/mol. The second-order valence-corrected chi connectivity index (χ2v) is 4.83. The molecular formula is C13H17F3N2O. The average molecular weight is 274 g/mol. The number of nitrogens with one attached hydrogen (secondary N) is 1. The number of hydrogen-bond acceptors (Lipinski definition) is 3. The monoisotopic (exact) mass is 274 g/mol. The lowest BCUT2D eigenvalue weighted by atomic mass is 9.74. The van der Waals surface area contributed by atoms with Crippen molar-refractivity contribution in [3.8, 4) is 0 Å². The predicted octanol–water partition coefficient (Wildman–Crippen LogP) is 2.13. The van der Waals surface area contributed by atoms with Crippen molar-refractivity contribution in [2.75, 3.05) is 13.2 Å². The number of nitrogens with two attached hydrogens (primary N) is 1. The molecule has 1 aliphatic rings. The Labute approximate surface area is 109 Å². The molecule has 0 aromatic heterocycles. The van der Waals surface area contributed by atoms with Gasteiger partial charge in [-0.1, -0.05) is 24.3 Å². The van der Waals surface area contributed by atoms with Crippen molar-refractivity contribution >= 4 is 0 Å². The zero-order chi connectivity index (χ0) is 13.9. The molecule has 3 nitrogen and oxygen atoms in total. The molecule has 0 saturated heterocycles. The number of hydrazine groups is 1. The fourth-order valence-corrected chi connectivity index (χ4v) is 2.42. The van der Waals surface area contributed by atoms with E-state index in [4.69, 9.17) is 5.84 Å². The van der Waals surface area contributed by atoms with Gasteiger partial charge in [-0.25, -0.2) is 0 Å². The molecule has 0 fully saturated rings. The van der Waals surface area contributed by atoms with Crippen molar-refractivity contribution in [3.63, 3.8) is 0 Å². The van der Waals surface area contributed by atoms with E-state index < -0.39 is 12.8 Å². The van der Waals surface area contributed by atoms with Gasteiger partial charge >= 0.3 is 6.18 Å². The lowest BCUT2D eigenvalue weighted by Gasteiger charge is -2.32. The summed E-state index contributed by atoms with van der Waals surface area (Å²) in [4.78, 5) is 0. The van der Waals surface area contributed by atoms with E-state index in [1.807, 2.05) is 18.2 Å². The third kappa shape index (κ3) is 3.92. The fourth-order valence-electron chi connectivity index (χ4n) is 2.42. The minimum absolute atomic E-state index is 0.0331. The zero-order valence-corrected chi connectivity index (χ0v) is 10.4. The van der Waals surface area contributed by atoms with Gasteiger partial charge in [-0.2, -0.15) is 13.2 Å². The molecule has 1 aliphatic carbocycles. The van der Waals surface area contributed by atoms with Gasteiger partial charge in [0, 0.05) is 6.04 Å². The van der Waals surface area contributed by atoms with Gasteiger partial charge in [0.2, 0.25) is 0 Å². The van der Waals surface area contributed by atoms with Crippen LogP contribution >= 0.6 is 0 Å². The molecule has 1 aromatic carbocycles. The van der Waals surface area contributed by atoms with Gasteiger partial charge in [-0.3, -0.25) is 11.3 Å². The van der Waals surface area contributed by atoms with Crippen molar-refractivity contribution in [1.29, 1.82) is 0 Å². The van der Waals surface area contributed by atoms with Gasteiger partial charge in [-0.15, -0.1) is 0 Å². The van der Waals surface area contributed by atoms with Gasteiger partial charge in [0.1, 0.15) is 6.61 Å². The number of hydrogen-bond donors (Lipinski definition) is 2. The maximum Gasteiger partial charge on any atom is 0.411 e. The summed E-state index contributed by atoms with van der Waals surface area (Å²) in [5, 5.41) is 0. The first-order valence-corrected chi connectivity index (χ1v) is 6.18. The summed E-state index contributed by atoms with van der Waals surface area (Å²) in [6.07, 6.45) is -2.65. The van der Waals surface area contributed by atoms with Crippen molar-refractivity contribution in [2.24, 2.45) is 5.84 Å². The van der Waals surface area contributed by atoms with Crippen molar-refractivity contribution in [1.82, 2.24) is 5.43 Å². The lowest BCUT2D eigenvalue weighted by Crippen LogP contribution is -2.41. The number of rotatable bonds is 6. The van der Waals surface area contributed by atoms with Crippen LogP contribution in [0.25, 0.3) is 0 Å². The topological polar surface area (TPSA) is 47.3 Å². The smallest absolute Gasteiger partial charge is 0.370 e. The first kappa shape index (κ1) is 14.3. The summed E-state index contributed by atoms with van der Waals surface area (Å²) < 4.78 is 40.6. The summed E-state index contributed by atoms with van der Waals surface area (Å²) >= 11 is 0. The van der Waals surface area contributed by atoms with Crippen LogP contribution in [0.5, 0.6) is 0 Å². The van der Waals surface area contributed by atoms with Gasteiger partial charge in [-0.05, 0) is 29.9 Å². The Balaban J connectivity index is 1.78. The highest BCUT2D eigenvalue weighted by molar-refractivity contribution is 5.39. The van der Waals surface area contributed by atoms with Gasteiger partial charge in [0.05, 0.1) is 6.61 Å². The van der Waals surface area contributed by atoms with Gasteiger partial charge in [0.15, 0.2) is 0 Å². The molecule has 19 heavy (non-hydrogen) atoms. The van der Waals surface area contributed by atoms with E-state index in [9.17, 15) is 13.2 Å². The first-order chi connectivity index (χ1) is 8.99. The highest BCUT2D eigenvalue weighted by Crippen LogP contribution is 2.37. The van der Waals surface area contributed by atoms with Gasteiger partial charge in [0.25, 0.3) is 0 Å². The second kappa shape index (κ2) is 5.90. The van der Waals surface area contributed by atoms with E-state index in [-0.39, 0.29) is 12.6 Å². The Morgan fingerprint density at radius 3 is 2.74 bits per heavy atom. The van der Waals surface area contributed by atoms with Crippen LogP contribution in [0.2, 0.25) is 0 Å². The lowest BCUT2D eigenvalue weighted by molar-refractivity contribution is -0.175. The second-order valence-electron chi connectivity index (χ2n) is 4.83. The Bertz CT molecular complexity index is 423. The van der Waals surface area contributed by atoms with E-state index in [1.165, 1.54) is 11.1 Å². The molecule has 2 atom stereocenters. The fraction of sp³-hybridized carbons (Fsp3) is 0.538. The van der Waals surface area contributed by atoms with E-state index in [2.05, 4.69) is 16.2 Å². The van der Waals surface area contributed by atoms with Gasteiger partial charge < -0.3 is 4.74 Å². The standard InChI is InChI=1S/C13H17F3N2O/c14-13(15,16)8-19-7-11(18-17)6-10-5-9-3-1-2-4-12(9)10/h1-4,10-11,18H,5-8,17H2. The zero-order valence-electron chi connectivity index (χ0n) is 10.4. The van der Waals surface area contributed by atoms with Crippen molar-refractivity contribution in [2.45, 2.75) is 31.0 Å². The van der Waals surface area contributed by atoms with Crippen LogP contribution in [0, 0.1) is 0 Å². The highest BCUT2D eigenvalue weighted by Gasteiger charge is 2.30. The van der Waals surface area contributed by atoms with Crippen LogP contribution in [0.3, 0.4) is 0 Å². The Morgan fingerprint density at radius 1 is 1.37 bits per heavy atom. The minimum atomic E-state index is -4.29. The molecule has 2 rings (SSSR count). The summed E-state index contributed by atoms with van der Waals surface area (Å²) in [6, 6.07) is 7.81. The summed E-state index contributed by atoms with van der Waals surface area (Å²) in [7, 11) is 0. The van der Waals surface area contributed by atoms with E-state index in [0.717, 1.165) is 6.42 Å². The van der Waals surface area contributed by atoms with Crippen molar-refractivity contribution in [3.05, 3.63) is 35.4 Å². The number of fused-ring (bicyclic) bond motifs is 1. The molecule has 1 aromatic rings. The predicted molar refractivity (Wildman–Crippen MR) is 65.5 cm³/mol. The van der Waals surface area contributed by atoms with Crippen LogP contribution in [0.15, 0.2) is 24.3 Å². The molecule has 0 heterocycles. The van der Waals surface area contributed by atoms with Crippen LogP contribution in [0.4, 0.5) is 13.2 Å². The molecule has 0 aliphatic heterocycles. The molecule has 106 valence electrons. The first-order valence-electron chi connectivity index (χ1n) is 6.18. The molecule has 6 heteroatoms. The number of alkyl halides is 3. The maximum absolute atomic E-state index is 12.0. The Morgan fingerprint density at radius 2 is 2.11 bits per heavy atom. The van der Waals surface area contributed by atoms with E-state index in [1.54, 1.807) is 0 Å². The summed E-state index contributed by atoms with van der Waals surface area (Å²) in [6.45, 7) is -1.26. The highest BCUT2D eigenvalue weighted by atomic mass is 19.4. The Kier molecular flexibility index (Phi) is 4.44. The molecule has 0 spiro atoms. The van der Waals surface area contributed by atoms with Crippen LogP contribution in [-0.2, 0) is 11.2 Å². The van der Waals surface area contributed by atoms with E-state index in [0.29, 0.717) is 12.3 Å². The minimum Gasteiger partial charge on any atom is -0.370 e. The van der Waals surface area contributed by atoms with Crippen LogP contribution in [-0.4, -0.2) is 25.4 Å². The summed E-state index contributed by atoms with van der Waals surface area (Å²) in [5.41, 5.74) is 5.09. The normalized spacial score (nSPS) is 19.7. The molecule has 0 radical (unpaired) electrons. The third-order valence-corrected chi connectivity index (χ3v) is 3.35. The SMILES string of the molecule is NNC(COCC(F)(F)F)CC1Cc2ccccc21. The maximum atomic E-state index is 12.0. The molecule has 0 bridgehead atoms. The number of benzene rings is 1. The number of ether oxygens (including phenoxy) is 1. The molecule has 2 unspecified atom stereocenters. The largest absolute Gasteiger partial charge is 0.411 e. The van der Waals surface area contributed by atoms with Crippen molar-refractivity contribution < 1.29 is 17.9 Å². The number of halogens is 3. The van der Waals surface area contributed by atoms with Crippen LogP contribution < -0.4 is 11.3 Å². The van der Waals surface area contributed by atoms with Crippen LogP contribution in [0.1, 0.15) is 23.5 Å². The molecule has 0 amide bonds. The Hall–Kier alpha value is -1.11. The van der Waals surface area contributed by atoms with E-state index >= 15 is 0 Å². The molecule has 3 N–H and O–H groups in total. The molecule has 0 saturated carbocycles. The third-order valence-electron chi connectivity index (χ3n) is 3.35. The quantitative estimate of drug-likeness (QED) is 0.617.